The highest BCUT2D eigenvalue weighted by atomic mass is 35.5. The van der Waals surface area contributed by atoms with E-state index < -0.39 is 10.8 Å². The summed E-state index contributed by atoms with van der Waals surface area (Å²) in [5.74, 6) is 0.0766. The summed E-state index contributed by atoms with van der Waals surface area (Å²) in [4.78, 5) is 23.4. The van der Waals surface area contributed by atoms with Gasteiger partial charge in [-0.05, 0) is 37.6 Å². The van der Waals surface area contributed by atoms with Crippen LogP contribution in [0.1, 0.15) is 49.9 Å². The Hall–Kier alpha value is -2.51. The van der Waals surface area contributed by atoms with Crippen LogP contribution in [-0.4, -0.2) is 24.0 Å². The molecular formula is C21H24Cl2N2O5. The van der Waals surface area contributed by atoms with Gasteiger partial charge in [0, 0.05) is 5.56 Å². The normalized spacial score (nSPS) is 10.5. The molecule has 30 heavy (non-hydrogen) atoms. The number of unbranched alkanes of at least 4 members (excludes halogenated alkanes) is 3. The van der Waals surface area contributed by atoms with Gasteiger partial charge >= 0.3 is 0 Å². The molecule has 0 aromatic heterocycles. The maximum atomic E-state index is 12.6. The number of nitro groups is 1. The van der Waals surface area contributed by atoms with Crippen LogP contribution >= 0.6 is 23.2 Å². The van der Waals surface area contributed by atoms with E-state index in [1.54, 1.807) is 13.0 Å². The molecule has 1 amide bonds. The zero-order valence-corrected chi connectivity index (χ0v) is 18.4. The fourth-order valence-electron chi connectivity index (χ4n) is 2.75. The van der Waals surface area contributed by atoms with E-state index >= 15 is 0 Å². The molecule has 9 heteroatoms. The first-order chi connectivity index (χ1) is 14.4. The Balaban J connectivity index is 2.15. The fourth-order valence-corrected chi connectivity index (χ4v) is 3.35. The second kappa shape index (κ2) is 11.6. The van der Waals surface area contributed by atoms with Gasteiger partial charge in [0.05, 0.1) is 34.2 Å². The second-order valence-electron chi connectivity index (χ2n) is 6.50. The first-order valence-electron chi connectivity index (χ1n) is 9.71. The molecule has 0 unspecified atom stereocenters. The second-order valence-corrected chi connectivity index (χ2v) is 7.32. The Morgan fingerprint density at radius 2 is 1.77 bits per heavy atom. The summed E-state index contributed by atoms with van der Waals surface area (Å²) in [5, 5.41) is 14.3. The Bertz CT molecular complexity index is 882. The van der Waals surface area contributed by atoms with Gasteiger partial charge in [0.15, 0.2) is 5.75 Å². The number of hydrogen-bond acceptors (Lipinski definition) is 5. The third-order valence-electron chi connectivity index (χ3n) is 4.23. The van der Waals surface area contributed by atoms with E-state index in [2.05, 4.69) is 12.2 Å². The van der Waals surface area contributed by atoms with E-state index in [0.29, 0.717) is 24.7 Å². The van der Waals surface area contributed by atoms with Crippen molar-refractivity contribution in [2.75, 3.05) is 18.5 Å². The smallest absolute Gasteiger partial charge is 0.296 e. The molecule has 0 heterocycles. The third kappa shape index (κ3) is 6.50. The molecule has 2 rings (SSSR count). The molecule has 0 bridgehead atoms. The molecule has 0 aliphatic heterocycles. The van der Waals surface area contributed by atoms with E-state index in [0.717, 1.165) is 25.7 Å². The zero-order chi connectivity index (χ0) is 22.1. The van der Waals surface area contributed by atoms with Gasteiger partial charge in [0.25, 0.3) is 11.6 Å². The molecule has 0 atom stereocenters. The molecule has 0 radical (unpaired) electrons. The van der Waals surface area contributed by atoms with Crippen LogP contribution in [0.5, 0.6) is 11.5 Å². The molecule has 2 aromatic carbocycles. The molecule has 0 saturated heterocycles. The number of anilines is 1. The average Bonchev–Trinajstić information content (AvgIpc) is 2.70. The van der Waals surface area contributed by atoms with Crippen LogP contribution in [-0.2, 0) is 0 Å². The third-order valence-corrected chi connectivity index (χ3v) is 4.79. The van der Waals surface area contributed by atoms with Crippen molar-refractivity contribution in [3.05, 3.63) is 56.1 Å². The minimum atomic E-state index is -0.590. The molecule has 7 nitrogen and oxygen atoms in total. The number of nitrogens with zero attached hydrogens (tertiary/aromatic N) is 1. The Labute approximate surface area is 185 Å². The highest BCUT2D eigenvalue weighted by Crippen LogP contribution is 2.35. The summed E-state index contributed by atoms with van der Waals surface area (Å²) in [7, 11) is 0. The summed E-state index contributed by atoms with van der Waals surface area (Å²) in [6.45, 7) is 4.74. The van der Waals surface area contributed by atoms with E-state index in [1.165, 1.54) is 24.3 Å². The van der Waals surface area contributed by atoms with E-state index in [1.807, 2.05) is 0 Å². The van der Waals surface area contributed by atoms with Crippen LogP contribution < -0.4 is 14.8 Å². The Morgan fingerprint density at radius 3 is 2.37 bits per heavy atom. The molecule has 0 aliphatic carbocycles. The standard InChI is InChI=1S/C21H24Cl2N2O5/c1-3-5-6-7-10-30-20-16(22)11-14(12-17(20)23)21(26)24-18-9-8-15(29-4-2)13-19(18)25(27)28/h8-9,11-13H,3-7,10H2,1-2H3,(H,24,26). The molecule has 1 N–H and O–H groups in total. The highest BCUT2D eigenvalue weighted by molar-refractivity contribution is 6.37. The maximum Gasteiger partial charge on any atom is 0.296 e. The van der Waals surface area contributed by atoms with Crippen molar-refractivity contribution in [2.24, 2.45) is 0 Å². The lowest BCUT2D eigenvalue weighted by molar-refractivity contribution is -0.384. The van der Waals surface area contributed by atoms with Gasteiger partial charge in [-0.1, -0.05) is 49.4 Å². The predicted octanol–water partition coefficient (Wildman–Crippen LogP) is 6.51. The number of hydrogen-bond donors (Lipinski definition) is 1. The van der Waals surface area contributed by atoms with Crippen molar-refractivity contribution in [1.82, 2.24) is 0 Å². The summed E-state index contributed by atoms with van der Waals surface area (Å²) in [6, 6.07) is 7.06. The maximum absolute atomic E-state index is 12.6. The number of rotatable bonds is 11. The van der Waals surface area contributed by atoms with Gasteiger partial charge in [-0.3, -0.25) is 14.9 Å². The first-order valence-corrected chi connectivity index (χ1v) is 10.5. The number of carbonyl (C=O) groups excluding carboxylic acids is 1. The lowest BCUT2D eigenvalue weighted by Gasteiger charge is -2.12. The van der Waals surface area contributed by atoms with Gasteiger partial charge in [-0.25, -0.2) is 0 Å². The van der Waals surface area contributed by atoms with Crippen molar-refractivity contribution >= 4 is 40.5 Å². The van der Waals surface area contributed by atoms with Gasteiger partial charge in [0.1, 0.15) is 11.4 Å². The Morgan fingerprint density at radius 1 is 1.07 bits per heavy atom. The van der Waals surface area contributed by atoms with E-state index in [4.69, 9.17) is 32.7 Å². The molecule has 0 fully saturated rings. The van der Waals surface area contributed by atoms with Crippen molar-refractivity contribution in [2.45, 2.75) is 39.5 Å². The van der Waals surface area contributed by atoms with Crippen LogP contribution in [0, 0.1) is 10.1 Å². The van der Waals surface area contributed by atoms with Crippen LogP contribution in [0.4, 0.5) is 11.4 Å². The highest BCUT2D eigenvalue weighted by Gasteiger charge is 2.20. The SMILES string of the molecule is CCCCCCOc1c(Cl)cc(C(=O)Nc2ccc(OCC)cc2[N+](=O)[O-])cc1Cl. The lowest BCUT2D eigenvalue weighted by atomic mass is 10.2. The molecular weight excluding hydrogens is 431 g/mol. The minimum absolute atomic E-state index is 0.0388. The number of ether oxygens (including phenoxy) is 2. The Kier molecular flexibility index (Phi) is 9.20. The molecule has 162 valence electrons. The number of halogens is 2. The monoisotopic (exact) mass is 454 g/mol. The number of nitrogens with one attached hydrogen (secondary N) is 1. The average molecular weight is 455 g/mol. The van der Waals surface area contributed by atoms with Gasteiger partial charge in [0.2, 0.25) is 0 Å². The minimum Gasteiger partial charge on any atom is -0.494 e. The number of nitro benzene ring substituents is 1. The molecule has 0 aliphatic rings. The quantitative estimate of drug-likeness (QED) is 0.237. The fraction of sp³-hybridized carbons (Fsp3) is 0.381. The van der Waals surface area contributed by atoms with Crippen LogP contribution in [0.2, 0.25) is 10.0 Å². The van der Waals surface area contributed by atoms with Crippen LogP contribution in [0.25, 0.3) is 0 Å². The summed E-state index contributed by atoms with van der Waals surface area (Å²) < 4.78 is 10.9. The van der Waals surface area contributed by atoms with Crippen molar-refractivity contribution < 1.29 is 19.2 Å². The van der Waals surface area contributed by atoms with Crippen LogP contribution in [0.15, 0.2) is 30.3 Å². The number of benzene rings is 2. The van der Waals surface area contributed by atoms with Crippen LogP contribution in [0.3, 0.4) is 0 Å². The zero-order valence-electron chi connectivity index (χ0n) is 16.9. The lowest BCUT2D eigenvalue weighted by Crippen LogP contribution is -2.13. The predicted molar refractivity (Wildman–Crippen MR) is 118 cm³/mol. The largest absolute Gasteiger partial charge is 0.494 e. The van der Waals surface area contributed by atoms with Crippen molar-refractivity contribution in [3.63, 3.8) is 0 Å². The van der Waals surface area contributed by atoms with E-state index in [-0.39, 0.29) is 27.0 Å². The van der Waals surface area contributed by atoms with Gasteiger partial charge in [-0.2, -0.15) is 0 Å². The first kappa shape index (κ1) is 23.8. The number of carbonyl (C=O) groups is 1. The molecule has 2 aromatic rings. The van der Waals surface area contributed by atoms with Gasteiger partial charge < -0.3 is 14.8 Å². The van der Waals surface area contributed by atoms with E-state index in [9.17, 15) is 14.9 Å². The molecule has 0 spiro atoms. The summed E-state index contributed by atoms with van der Waals surface area (Å²) in [6.07, 6.45) is 4.18. The molecule has 0 saturated carbocycles. The topological polar surface area (TPSA) is 90.7 Å². The van der Waals surface area contributed by atoms with Crippen molar-refractivity contribution in [3.8, 4) is 11.5 Å². The summed E-state index contributed by atoms with van der Waals surface area (Å²) >= 11 is 12.5. The van der Waals surface area contributed by atoms with Crippen molar-refractivity contribution in [1.29, 1.82) is 0 Å². The number of amides is 1. The van der Waals surface area contributed by atoms with Gasteiger partial charge in [-0.15, -0.1) is 0 Å². The summed E-state index contributed by atoms with van der Waals surface area (Å²) in [5.41, 5.74) is -0.0815.